The number of aliphatic hydroxyl groups is 1. The van der Waals surface area contributed by atoms with Gasteiger partial charge in [0.05, 0.1) is 30.1 Å². The van der Waals surface area contributed by atoms with Crippen LogP contribution in [0.4, 0.5) is 0 Å². The summed E-state index contributed by atoms with van der Waals surface area (Å²) >= 11 is 0. The van der Waals surface area contributed by atoms with Crippen LogP contribution in [-0.4, -0.2) is 93.6 Å². The Hall–Kier alpha value is -2.97. The quantitative estimate of drug-likeness (QED) is 0.587. The highest BCUT2D eigenvalue weighted by Crippen LogP contribution is 2.58. The predicted molar refractivity (Wildman–Crippen MR) is 145 cm³/mol. The maximum Gasteiger partial charge on any atom is 0.249 e. The zero-order chi connectivity index (χ0) is 27.4. The molecule has 4 heterocycles. The molecule has 1 N–H and O–H groups in total. The molecule has 8 nitrogen and oxygen atoms in total. The summed E-state index contributed by atoms with van der Waals surface area (Å²) < 4.78 is 6.89. The highest BCUT2D eigenvalue weighted by Gasteiger charge is 2.75. The summed E-state index contributed by atoms with van der Waals surface area (Å²) in [5, 5.41) is 10.6. The number of carbonyl (C=O) groups excluding carboxylic acids is 3. The normalized spacial score (nSPS) is 35.5. The monoisotopic (exact) mass is 533 g/mol. The highest BCUT2D eigenvalue weighted by atomic mass is 16.5. The summed E-state index contributed by atoms with van der Waals surface area (Å²) in [6, 6.07) is 8.24. The van der Waals surface area contributed by atoms with Crippen LogP contribution < -0.4 is 0 Å². The Morgan fingerprint density at radius 3 is 2.38 bits per heavy atom. The van der Waals surface area contributed by atoms with E-state index in [1.165, 1.54) is 6.42 Å². The molecule has 1 aliphatic carbocycles. The van der Waals surface area contributed by atoms with E-state index in [1.807, 2.05) is 66.5 Å². The van der Waals surface area contributed by atoms with Gasteiger partial charge in [0, 0.05) is 26.2 Å². The van der Waals surface area contributed by atoms with Gasteiger partial charge in [0.1, 0.15) is 11.6 Å². The van der Waals surface area contributed by atoms with E-state index in [0.29, 0.717) is 19.5 Å². The second-order valence-corrected chi connectivity index (χ2v) is 12.1. The average Bonchev–Trinajstić information content (AvgIpc) is 3.22. The fraction of sp³-hybridized carbons (Fsp3) is 0.581. The third-order valence-corrected chi connectivity index (χ3v) is 9.66. The van der Waals surface area contributed by atoms with Crippen molar-refractivity contribution in [2.75, 3.05) is 26.7 Å². The Bertz CT molecular complexity index is 1190. The molecule has 6 atom stereocenters. The van der Waals surface area contributed by atoms with Crippen LogP contribution in [0.15, 0.2) is 54.6 Å². The lowest BCUT2D eigenvalue weighted by Gasteiger charge is -2.42. The van der Waals surface area contributed by atoms with Crippen molar-refractivity contribution in [1.82, 2.24) is 14.7 Å². The number of ether oxygens (including phenoxy) is 1. The maximum atomic E-state index is 14.6. The van der Waals surface area contributed by atoms with E-state index in [1.54, 1.807) is 16.8 Å². The minimum absolute atomic E-state index is 0.110. The fourth-order valence-electron chi connectivity index (χ4n) is 7.85. The summed E-state index contributed by atoms with van der Waals surface area (Å²) in [5.41, 5.74) is -1.35. The van der Waals surface area contributed by atoms with E-state index in [0.717, 1.165) is 31.2 Å². The second kappa shape index (κ2) is 9.89. The molecule has 1 aromatic carbocycles. The van der Waals surface area contributed by atoms with Gasteiger partial charge in [0.25, 0.3) is 0 Å². The molecule has 0 radical (unpaired) electrons. The van der Waals surface area contributed by atoms with Crippen LogP contribution in [-0.2, 0) is 25.5 Å². The summed E-state index contributed by atoms with van der Waals surface area (Å²) in [5.74, 6) is -2.21. The number of nitrogens with zero attached hydrogens (tertiary/aromatic N) is 3. The smallest absolute Gasteiger partial charge is 0.249 e. The van der Waals surface area contributed by atoms with Gasteiger partial charge in [-0.3, -0.25) is 14.4 Å². The Morgan fingerprint density at radius 1 is 0.949 bits per heavy atom. The number of likely N-dealkylation sites (tertiary alicyclic amines) is 1. The molecule has 4 aliphatic heterocycles. The molecule has 5 aliphatic rings. The molecule has 1 spiro atoms. The van der Waals surface area contributed by atoms with Gasteiger partial charge in [-0.25, -0.2) is 0 Å². The third kappa shape index (κ3) is 4.06. The Balaban J connectivity index is 1.47. The molecule has 39 heavy (non-hydrogen) atoms. The molecule has 3 amide bonds. The SMILES string of the molecule is CN1CC=C[C@@]2(C)O[C@]34C=CCN(C5CCCCC5)C(=O)C3N([C@@H](CO)Cc3ccccc3)C(=O)[C@@H]4[C@H]2C1=O. The first-order valence-corrected chi connectivity index (χ1v) is 14.4. The Kier molecular flexibility index (Phi) is 6.66. The summed E-state index contributed by atoms with van der Waals surface area (Å²) in [6.45, 7) is 2.46. The lowest BCUT2D eigenvalue weighted by Crippen LogP contribution is -2.60. The van der Waals surface area contributed by atoms with Gasteiger partial charge >= 0.3 is 0 Å². The summed E-state index contributed by atoms with van der Waals surface area (Å²) in [6.07, 6.45) is 13.3. The van der Waals surface area contributed by atoms with Crippen molar-refractivity contribution in [1.29, 1.82) is 0 Å². The number of fused-ring (bicyclic) bond motifs is 2. The van der Waals surface area contributed by atoms with Crippen molar-refractivity contribution in [3.8, 4) is 0 Å². The predicted octanol–water partition coefficient (Wildman–Crippen LogP) is 2.32. The molecular formula is C31H39N3O5. The van der Waals surface area contributed by atoms with E-state index in [4.69, 9.17) is 4.74 Å². The molecule has 1 saturated carbocycles. The number of benzene rings is 1. The van der Waals surface area contributed by atoms with Crippen molar-refractivity contribution in [2.24, 2.45) is 11.8 Å². The van der Waals surface area contributed by atoms with Gasteiger partial charge in [0.2, 0.25) is 17.7 Å². The van der Waals surface area contributed by atoms with Gasteiger partial charge in [-0.15, -0.1) is 0 Å². The standard InChI is InChI=1S/C31H39N3O5/c1-30-15-9-17-32(2)27(36)24(30)25-28(37)34(23(20-35)19-21-11-5-3-6-12-21)26-29(38)33(22-13-7-4-8-14-22)18-10-16-31(25,26)39-30/h3,5-6,9-12,15-16,22-26,35H,4,7-8,13-14,17-20H2,1-2H3/t23-,24+,25+,26?,30-,31+/m1/s1. The number of likely N-dealkylation sites (N-methyl/N-ethyl adjacent to an activating group) is 1. The first-order valence-electron chi connectivity index (χ1n) is 14.4. The molecule has 2 saturated heterocycles. The largest absolute Gasteiger partial charge is 0.394 e. The van der Waals surface area contributed by atoms with Crippen molar-refractivity contribution < 1.29 is 24.2 Å². The minimum Gasteiger partial charge on any atom is -0.394 e. The van der Waals surface area contributed by atoms with E-state index in [2.05, 4.69) is 0 Å². The van der Waals surface area contributed by atoms with Gasteiger partial charge in [-0.05, 0) is 31.7 Å². The molecule has 8 heteroatoms. The van der Waals surface area contributed by atoms with Crippen LogP contribution in [0.1, 0.15) is 44.6 Å². The van der Waals surface area contributed by atoms with Crippen LogP contribution in [0, 0.1) is 11.8 Å². The average molecular weight is 534 g/mol. The molecule has 1 aromatic rings. The van der Waals surface area contributed by atoms with Crippen LogP contribution in [0.2, 0.25) is 0 Å². The van der Waals surface area contributed by atoms with E-state index in [-0.39, 0.29) is 30.4 Å². The van der Waals surface area contributed by atoms with Crippen LogP contribution in [0.5, 0.6) is 0 Å². The minimum atomic E-state index is -1.29. The number of hydrogen-bond donors (Lipinski definition) is 1. The van der Waals surface area contributed by atoms with E-state index in [9.17, 15) is 19.5 Å². The third-order valence-electron chi connectivity index (χ3n) is 9.66. The molecule has 1 unspecified atom stereocenters. The van der Waals surface area contributed by atoms with Gasteiger partial charge in [-0.2, -0.15) is 0 Å². The highest BCUT2D eigenvalue weighted by molar-refractivity contribution is 6.00. The lowest BCUT2D eigenvalue weighted by atomic mass is 9.74. The van der Waals surface area contributed by atoms with Crippen molar-refractivity contribution in [2.45, 2.75) is 74.8 Å². The number of carbonyl (C=O) groups is 3. The molecule has 0 aromatic heterocycles. The number of hydrogen-bond acceptors (Lipinski definition) is 5. The number of aliphatic hydroxyl groups excluding tert-OH is 1. The maximum absolute atomic E-state index is 14.6. The van der Waals surface area contributed by atoms with Crippen molar-refractivity contribution in [3.63, 3.8) is 0 Å². The molecular weight excluding hydrogens is 494 g/mol. The Labute approximate surface area is 230 Å². The van der Waals surface area contributed by atoms with E-state index < -0.39 is 35.1 Å². The van der Waals surface area contributed by atoms with E-state index >= 15 is 0 Å². The van der Waals surface area contributed by atoms with Gasteiger partial charge < -0.3 is 24.5 Å². The summed E-state index contributed by atoms with van der Waals surface area (Å²) in [4.78, 5) is 48.1. The molecule has 6 rings (SSSR count). The lowest BCUT2D eigenvalue weighted by molar-refractivity contribution is -0.157. The first kappa shape index (κ1) is 26.3. The zero-order valence-electron chi connectivity index (χ0n) is 22.9. The number of amides is 3. The molecule has 208 valence electrons. The van der Waals surface area contributed by atoms with Gasteiger partial charge in [-0.1, -0.05) is 73.9 Å². The van der Waals surface area contributed by atoms with Crippen molar-refractivity contribution >= 4 is 17.7 Å². The van der Waals surface area contributed by atoms with Crippen LogP contribution >= 0.6 is 0 Å². The topological polar surface area (TPSA) is 90.4 Å². The second-order valence-electron chi connectivity index (χ2n) is 12.1. The Morgan fingerprint density at radius 2 is 1.67 bits per heavy atom. The number of rotatable bonds is 5. The first-order chi connectivity index (χ1) is 18.8. The fourth-order valence-corrected chi connectivity index (χ4v) is 7.85. The van der Waals surface area contributed by atoms with Crippen LogP contribution in [0.25, 0.3) is 0 Å². The molecule has 3 fully saturated rings. The zero-order valence-corrected chi connectivity index (χ0v) is 22.9. The van der Waals surface area contributed by atoms with Crippen molar-refractivity contribution in [3.05, 3.63) is 60.2 Å². The molecule has 0 bridgehead atoms. The van der Waals surface area contributed by atoms with Gasteiger partial charge in [0.15, 0.2) is 0 Å². The summed E-state index contributed by atoms with van der Waals surface area (Å²) in [7, 11) is 1.74. The van der Waals surface area contributed by atoms with Crippen LogP contribution in [0.3, 0.4) is 0 Å².